The standard InChI is InChI=1S/C33H31ClF5N9O4/c1-3-20-27(46-8-9-47(22-7-6-21(22)46)31(52)26-28(50)16(2)41-15-42-26)29(51)25-30(40-11-23(44-25)45-13-32(35,36)14-45)48(20)12-24(49)43-19-5-4-17(10-18(19)34)33(37,38)39/h4-5,10-11,15,21-22,50H,3,6-9,12-14H2,1-2H3,(H,43,49)/t21-,22-/m0/s1. The molecule has 3 aliphatic rings. The lowest BCUT2D eigenvalue weighted by Crippen LogP contribution is -2.67. The van der Waals surface area contributed by atoms with Gasteiger partial charge in [0.1, 0.15) is 24.4 Å². The van der Waals surface area contributed by atoms with E-state index in [4.69, 9.17) is 11.6 Å². The van der Waals surface area contributed by atoms with Crippen molar-refractivity contribution in [2.75, 3.05) is 41.3 Å². The van der Waals surface area contributed by atoms with Crippen LogP contribution in [0.3, 0.4) is 0 Å². The van der Waals surface area contributed by atoms with E-state index in [-0.39, 0.29) is 82.1 Å². The smallest absolute Gasteiger partial charge is 0.416 e. The fourth-order valence-electron chi connectivity index (χ4n) is 7.03. The Kier molecular flexibility index (Phi) is 8.70. The first-order valence-electron chi connectivity index (χ1n) is 16.4. The van der Waals surface area contributed by atoms with E-state index >= 15 is 0 Å². The van der Waals surface area contributed by atoms with Gasteiger partial charge >= 0.3 is 6.18 Å². The number of anilines is 3. The second-order valence-corrected chi connectivity index (χ2v) is 13.4. The number of piperazine rings is 1. The molecule has 52 heavy (non-hydrogen) atoms. The van der Waals surface area contributed by atoms with Gasteiger partial charge in [0.15, 0.2) is 22.6 Å². The van der Waals surface area contributed by atoms with E-state index in [0.29, 0.717) is 24.6 Å². The highest BCUT2D eigenvalue weighted by atomic mass is 35.5. The summed E-state index contributed by atoms with van der Waals surface area (Å²) in [6.45, 7) is 1.98. The molecule has 5 heterocycles. The molecule has 7 rings (SSSR count). The average molecular weight is 748 g/mol. The molecule has 1 aromatic carbocycles. The van der Waals surface area contributed by atoms with E-state index in [1.54, 1.807) is 18.7 Å². The van der Waals surface area contributed by atoms with Crippen LogP contribution >= 0.6 is 11.6 Å². The zero-order valence-corrected chi connectivity index (χ0v) is 28.5. The molecule has 0 spiro atoms. The molecule has 0 unspecified atom stereocenters. The summed E-state index contributed by atoms with van der Waals surface area (Å²) in [5, 5.41) is 12.7. The molecule has 1 saturated carbocycles. The molecule has 1 aliphatic carbocycles. The van der Waals surface area contributed by atoms with Gasteiger partial charge in [0, 0.05) is 24.8 Å². The van der Waals surface area contributed by atoms with Gasteiger partial charge in [0.05, 0.1) is 47.3 Å². The Morgan fingerprint density at radius 3 is 2.46 bits per heavy atom. The number of benzene rings is 1. The largest absolute Gasteiger partial charge is 0.504 e. The van der Waals surface area contributed by atoms with Crippen LogP contribution in [-0.2, 0) is 23.9 Å². The van der Waals surface area contributed by atoms with Gasteiger partial charge in [-0.05, 0) is 44.4 Å². The Balaban J connectivity index is 1.27. The number of hydrogen-bond donors (Lipinski definition) is 2. The van der Waals surface area contributed by atoms with E-state index in [0.717, 1.165) is 12.1 Å². The quantitative estimate of drug-likeness (QED) is 0.260. The van der Waals surface area contributed by atoms with Gasteiger partial charge in [-0.25, -0.2) is 28.7 Å². The van der Waals surface area contributed by atoms with E-state index in [9.17, 15) is 41.4 Å². The minimum absolute atomic E-state index is 0.00359. The molecule has 2 atom stereocenters. The van der Waals surface area contributed by atoms with Gasteiger partial charge in [-0.1, -0.05) is 18.5 Å². The predicted molar refractivity (Wildman–Crippen MR) is 179 cm³/mol. The summed E-state index contributed by atoms with van der Waals surface area (Å²) in [5.41, 5.74) is -1.04. The summed E-state index contributed by atoms with van der Waals surface area (Å²) in [6, 6.07) is 1.82. The van der Waals surface area contributed by atoms with Crippen LogP contribution in [-0.4, -0.2) is 90.5 Å². The van der Waals surface area contributed by atoms with Gasteiger partial charge < -0.3 is 29.7 Å². The second kappa shape index (κ2) is 12.8. The van der Waals surface area contributed by atoms with Crippen LogP contribution in [0.15, 0.2) is 35.5 Å². The lowest BCUT2D eigenvalue weighted by atomic mass is 9.81. The number of carbonyl (C=O) groups is 2. The van der Waals surface area contributed by atoms with E-state index in [1.165, 1.54) is 22.0 Å². The van der Waals surface area contributed by atoms with Crippen LogP contribution in [0.4, 0.5) is 39.1 Å². The summed E-state index contributed by atoms with van der Waals surface area (Å²) in [5.74, 6) is -4.37. The number of aryl methyl sites for hydroxylation is 1. The highest BCUT2D eigenvalue weighted by Crippen LogP contribution is 2.39. The van der Waals surface area contributed by atoms with Crippen molar-refractivity contribution in [1.29, 1.82) is 0 Å². The van der Waals surface area contributed by atoms with E-state index in [1.807, 2.05) is 4.90 Å². The number of carbonyl (C=O) groups excluding carboxylic acids is 2. The summed E-state index contributed by atoms with van der Waals surface area (Å²) in [7, 11) is 0. The average Bonchev–Trinajstić information content (AvgIpc) is 3.06. The normalized spacial score (nSPS) is 19.6. The number of alkyl halides is 5. The van der Waals surface area contributed by atoms with Gasteiger partial charge in [-0.15, -0.1) is 0 Å². The van der Waals surface area contributed by atoms with Crippen molar-refractivity contribution >= 4 is 51.8 Å². The van der Waals surface area contributed by atoms with Crippen molar-refractivity contribution in [2.45, 2.75) is 63.8 Å². The van der Waals surface area contributed by atoms with Crippen molar-refractivity contribution < 1.29 is 36.6 Å². The maximum Gasteiger partial charge on any atom is 0.416 e. The second-order valence-electron chi connectivity index (χ2n) is 13.0. The van der Waals surface area contributed by atoms with Gasteiger partial charge in [-0.2, -0.15) is 13.2 Å². The zero-order chi connectivity index (χ0) is 37.3. The van der Waals surface area contributed by atoms with Gasteiger partial charge in [0.2, 0.25) is 11.3 Å². The Bertz CT molecular complexity index is 2170. The predicted octanol–water partition coefficient (Wildman–Crippen LogP) is 4.42. The number of nitrogens with zero attached hydrogens (tertiary/aromatic N) is 8. The zero-order valence-electron chi connectivity index (χ0n) is 27.7. The first-order valence-corrected chi connectivity index (χ1v) is 16.8. The number of aromatic hydroxyl groups is 1. The van der Waals surface area contributed by atoms with Crippen LogP contribution in [0.2, 0.25) is 5.02 Å². The van der Waals surface area contributed by atoms with Crippen molar-refractivity contribution in [3.05, 3.63) is 68.6 Å². The van der Waals surface area contributed by atoms with Crippen molar-refractivity contribution in [1.82, 2.24) is 29.4 Å². The number of nitrogens with one attached hydrogen (secondary N) is 1. The highest BCUT2D eigenvalue weighted by Gasteiger charge is 2.48. The molecule has 4 aromatic rings. The molecule has 0 bridgehead atoms. The summed E-state index contributed by atoms with van der Waals surface area (Å²) in [6.07, 6.45) is -0.781. The summed E-state index contributed by atoms with van der Waals surface area (Å²) >= 11 is 6.10. The lowest BCUT2D eigenvalue weighted by molar-refractivity contribution is -0.137. The molecule has 2 amide bonds. The van der Waals surface area contributed by atoms with Gasteiger partial charge in [-0.3, -0.25) is 14.4 Å². The fraction of sp³-hybridized carbons (Fsp3) is 0.424. The van der Waals surface area contributed by atoms with E-state index in [2.05, 4.69) is 25.3 Å². The molecular formula is C33H31ClF5N9O4. The summed E-state index contributed by atoms with van der Waals surface area (Å²) < 4.78 is 68.6. The Labute approximate surface area is 297 Å². The monoisotopic (exact) mass is 747 g/mol. The Hall–Kier alpha value is -5.13. The highest BCUT2D eigenvalue weighted by molar-refractivity contribution is 6.33. The lowest BCUT2D eigenvalue weighted by Gasteiger charge is -2.54. The topological polar surface area (TPSA) is 150 Å². The molecule has 0 radical (unpaired) electrons. The maximum absolute atomic E-state index is 14.4. The van der Waals surface area contributed by atoms with E-state index < -0.39 is 54.5 Å². The van der Waals surface area contributed by atoms with Crippen LogP contribution in [0.1, 0.15) is 47.2 Å². The molecule has 3 aromatic heterocycles. The molecule has 19 heteroatoms. The molecule has 274 valence electrons. The molecule has 13 nitrogen and oxygen atoms in total. The first-order chi connectivity index (χ1) is 24.6. The van der Waals surface area contributed by atoms with Crippen molar-refractivity contribution in [2.24, 2.45) is 0 Å². The Morgan fingerprint density at radius 2 is 1.83 bits per heavy atom. The van der Waals surface area contributed by atoms with Crippen LogP contribution in [0.25, 0.3) is 11.2 Å². The molecule has 3 fully saturated rings. The third kappa shape index (κ3) is 6.11. The van der Waals surface area contributed by atoms with Crippen LogP contribution in [0, 0.1) is 6.92 Å². The van der Waals surface area contributed by atoms with Gasteiger partial charge in [0.25, 0.3) is 11.8 Å². The molecule has 2 aliphatic heterocycles. The molecule has 2 saturated heterocycles. The number of fused-ring (bicyclic) bond motifs is 2. The van der Waals surface area contributed by atoms with Crippen LogP contribution in [0.5, 0.6) is 5.75 Å². The first kappa shape index (κ1) is 35.3. The number of rotatable bonds is 7. The number of halogens is 6. The third-order valence-corrected chi connectivity index (χ3v) is 10.1. The number of aromatic nitrogens is 5. The van der Waals surface area contributed by atoms with Crippen LogP contribution < -0.4 is 20.5 Å². The SMILES string of the molecule is CCc1c(N2CCN(C(=O)c3ncnc(C)c3O)[C@H]3CC[C@@H]32)c(=O)c2nc(N3CC(F)(F)C3)cnc2n1CC(=O)Nc1ccc(C(F)(F)F)cc1Cl. The third-order valence-electron chi connectivity index (χ3n) is 9.74. The molecular weight excluding hydrogens is 717 g/mol. The number of pyridine rings is 1. The molecule has 2 N–H and O–H groups in total. The fourth-order valence-corrected chi connectivity index (χ4v) is 7.26. The Morgan fingerprint density at radius 1 is 1.10 bits per heavy atom. The number of amides is 2. The van der Waals surface area contributed by atoms with Crippen molar-refractivity contribution in [3.63, 3.8) is 0 Å². The maximum atomic E-state index is 14.4. The number of hydrogen-bond acceptors (Lipinski definition) is 10. The minimum Gasteiger partial charge on any atom is -0.504 e. The minimum atomic E-state index is -4.65. The van der Waals surface area contributed by atoms with Crippen molar-refractivity contribution in [3.8, 4) is 5.75 Å². The summed E-state index contributed by atoms with van der Waals surface area (Å²) in [4.78, 5) is 63.1.